The Balaban J connectivity index is 2.45. The second kappa shape index (κ2) is 3.92. The molecule has 3 nitrogen and oxygen atoms in total. The molecule has 0 radical (unpaired) electrons. The maximum Gasteiger partial charge on any atom is 0.221 e. The van der Waals surface area contributed by atoms with Gasteiger partial charge in [0.2, 0.25) is 5.12 Å². The number of rotatable bonds is 1. The molecule has 0 bridgehead atoms. The first kappa shape index (κ1) is 9.40. The maximum atomic E-state index is 11.6. The van der Waals surface area contributed by atoms with Crippen molar-refractivity contribution in [3.8, 4) is 5.75 Å². The lowest BCUT2D eigenvalue weighted by atomic mass is 10.1. The lowest BCUT2D eigenvalue weighted by Crippen LogP contribution is -2.19. The molecule has 0 saturated carbocycles. The molecule has 2 rings (SSSR count). The molecule has 0 fully saturated rings. The molecule has 1 aliphatic rings. The van der Waals surface area contributed by atoms with Gasteiger partial charge in [0, 0.05) is 6.54 Å². The average Bonchev–Trinajstić information content (AvgIpc) is 2.27. The minimum absolute atomic E-state index is 0.0693. The van der Waals surface area contributed by atoms with E-state index in [1.165, 1.54) is 11.8 Å². The number of carbonyl (C=O) groups excluding carboxylic acids is 1. The van der Waals surface area contributed by atoms with E-state index >= 15 is 0 Å². The predicted octanol–water partition coefficient (Wildman–Crippen LogP) is 1.99. The number of fused-ring (bicyclic) bond motifs is 1. The summed E-state index contributed by atoms with van der Waals surface area (Å²) in [6.45, 7) is 1.41. The van der Waals surface area contributed by atoms with Gasteiger partial charge < -0.3 is 10.1 Å². The third-order valence-corrected chi connectivity index (χ3v) is 2.68. The van der Waals surface area contributed by atoms with E-state index in [4.69, 9.17) is 4.74 Å². The van der Waals surface area contributed by atoms with Crippen LogP contribution in [0.25, 0.3) is 0 Å². The Kier molecular flexibility index (Phi) is 2.63. The van der Waals surface area contributed by atoms with Crippen LogP contribution in [0, 0.1) is 0 Å². The Bertz CT molecular complexity index is 365. The second-order valence-electron chi connectivity index (χ2n) is 2.95. The van der Waals surface area contributed by atoms with Gasteiger partial charge in [-0.3, -0.25) is 4.79 Å². The molecular weight excluding hydrogens is 198 g/mol. The van der Waals surface area contributed by atoms with Crippen molar-refractivity contribution in [1.82, 2.24) is 0 Å². The molecule has 0 saturated heterocycles. The first-order valence-corrected chi connectivity index (χ1v) is 5.63. The zero-order valence-corrected chi connectivity index (χ0v) is 8.69. The van der Waals surface area contributed by atoms with Gasteiger partial charge in [-0.05, 0) is 18.4 Å². The number of anilines is 1. The second-order valence-corrected chi connectivity index (χ2v) is 3.72. The zero-order chi connectivity index (χ0) is 9.97. The number of para-hydroxylation sites is 1. The SMILES string of the molecule is CSC(=O)c1cccc2c1NCCO2. The van der Waals surface area contributed by atoms with Crippen LogP contribution in [-0.4, -0.2) is 24.5 Å². The Morgan fingerprint density at radius 1 is 1.57 bits per heavy atom. The van der Waals surface area contributed by atoms with Gasteiger partial charge in [0.05, 0.1) is 11.3 Å². The van der Waals surface area contributed by atoms with Crippen molar-refractivity contribution in [2.75, 3.05) is 24.7 Å². The molecule has 1 aliphatic heterocycles. The summed E-state index contributed by atoms with van der Waals surface area (Å²) in [7, 11) is 0. The largest absolute Gasteiger partial charge is 0.490 e. The molecule has 0 aliphatic carbocycles. The molecule has 1 aromatic rings. The Morgan fingerprint density at radius 3 is 3.21 bits per heavy atom. The average molecular weight is 209 g/mol. The van der Waals surface area contributed by atoms with Crippen LogP contribution in [0.5, 0.6) is 5.75 Å². The van der Waals surface area contributed by atoms with Crippen LogP contribution in [0.1, 0.15) is 10.4 Å². The summed E-state index contributed by atoms with van der Waals surface area (Å²) >= 11 is 1.22. The fraction of sp³-hybridized carbons (Fsp3) is 0.300. The number of thioether (sulfide) groups is 1. The normalized spacial score (nSPS) is 13.8. The van der Waals surface area contributed by atoms with Crippen molar-refractivity contribution in [2.24, 2.45) is 0 Å². The van der Waals surface area contributed by atoms with Crippen LogP contribution >= 0.6 is 11.8 Å². The van der Waals surface area contributed by atoms with Crippen LogP contribution in [0.2, 0.25) is 0 Å². The molecule has 1 heterocycles. The third-order valence-electron chi connectivity index (χ3n) is 2.09. The summed E-state index contributed by atoms with van der Waals surface area (Å²) in [4.78, 5) is 11.6. The predicted molar refractivity (Wildman–Crippen MR) is 58.3 cm³/mol. The standard InChI is InChI=1S/C10H11NO2S/c1-14-10(12)7-3-2-4-8-9(7)11-5-6-13-8/h2-4,11H,5-6H2,1H3. The summed E-state index contributed by atoms with van der Waals surface area (Å²) in [5, 5.41) is 3.26. The molecule has 0 amide bonds. The Hall–Kier alpha value is -1.16. The molecule has 0 unspecified atom stereocenters. The smallest absolute Gasteiger partial charge is 0.221 e. The molecule has 14 heavy (non-hydrogen) atoms. The van der Waals surface area contributed by atoms with Gasteiger partial charge in [-0.1, -0.05) is 17.8 Å². The fourth-order valence-corrected chi connectivity index (χ4v) is 1.84. The van der Waals surface area contributed by atoms with Gasteiger partial charge >= 0.3 is 0 Å². The number of carbonyl (C=O) groups is 1. The van der Waals surface area contributed by atoms with Crippen LogP contribution in [0.15, 0.2) is 18.2 Å². The first-order chi connectivity index (χ1) is 6.83. The van der Waals surface area contributed by atoms with Crippen molar-refractivity contribution in [1.29, 1.82) is 0 Å². The van der Waals surface area contributed by atoms with Gasteiger partial charge in [0.15, 0.2) is 0 Å². The van der Waals surface area contributed by atoms with E-state index in [2.05, 4.69) is 5.32 Å². The van der Waals surface area contributed by atoms with Crippen LogP contribution in [0.4, 0.5) is 5.69 Å². The van der Waals surface area contributed by atoms with E-state index in [1.54, 1.807) is 6.26 Å². The van der Waals surface area contributed by atoms with E-state index in [-0.39, 0.29) is 5.12 Å². The summed E-state index contributed by atoms with van der Waals surface area (Å²) in [5.41, 5.74) is 1.54. The number of ether oxygens (including phenoxy) is 1. The molecule has 4 heteroatoms. The minimum atomic E-state index is 0.0693. The van der Waals surface area contributed by atoms with Gasteiger partial charge in [-0.15, -0.1) is 0 Å². The monoisotopic (exact) mass is 209 g/mol. The van der Waals surface area contributed by atoms with Gasteiger partial charge in [-0.2, -0.15) is 0 Å². The van der Waals surface area contributed by atoms with Gasteiger partial charge in [-0.25, -0.2) is 0 Å². The van der Waals surface area contributed by atoms with Crippen molar-refractivity contribution in [3.63, 3.8) is 0 Å². The minimum Gasteiger partial charge on any atom is -0.490 e. The van der Waals surface area contributed by atoms with Crippen LogP contribution in [0.3, 0.4) is 0 Å². The quantitative estimate of drug-likeness (QED) is 0.767. The highest BCUT2D eigenvalue weighted by molar-refractivity contribution is 8.13. The topological polar surface area (TPSA) is 38.3 Å². The Morgan fingerprint density at radius 2 is 2.43 bits per heavy atom. The number of nitrogens with one attached hydrogen (secondary N) is 1. The van der Waals surface area contributed by atoms with E-state index in [9.17, 15) is 4.79 Å². The maximum absolute atomic E-state index is 11.6. The molecule has 1 N–H and O–H groups in total. The van der Waals surface area contributed by atoms with Crippen LogP contribution < -0.4 is 10.1 Å². The number of benzene rings is 1. The van der Waals surface area contributed by atoms with E-state index in [0.717, 1.165) is 18.0 Å². The zero-order valence-electron chi connectivity index (χ0n) is 7.87. The lowest BCUT2D eigenvalue weighted by Gasteiger charge is -2.20. The first-order valence-electron chi connectivity index (χ1n) is 4.41. The highest BCUT2D eigenvalue weighted by Crippen LogP contribution is 2.32. The molecule has 0 atom stereocenters. The van der Waals surface area contributed by atoms with Crippen molar-refractivity contribution in [2.45, 2.75) is 0 Å². The van der Waals surface area contributed by atoms with Gasteiger partial charge in [0.1, 0.15) is 12.4 Å². The molecule has 0 spiro atoms. The van der Waals surface area contributed by atoms with Crippen molar-refractivity contribution < 1.29 is 9.53 Å². The summed E-state index contributed by atoms with van der Waals surface area (Å²) in [5.74, 6) is 0.774. The highest BCUT2D eigenvalue weighted by atomic mass is 32.2. The molecule has 1 aromatic carbocycles. The van der Waals surface area contributed by atoms with Crippen LogP contribution in [-0.2, 0) is 0 Å². The summed E-state index contributed by atoms with van der Waals surface area (Å²) in [6.07, 6.45) is 1.78. The third kappa shape index (κ3) is 1.57. The number of hydrogen-bond donors (Lipinski definition) is 1. The van der Waals surface area contributed by atoms with Gasteiger partial charge in [0.25, 0.3) is 0 Å². The van der Waals surface area contributed by atoms with E-state index < -0.39 is 0 Å². The fourth-order valence-electron chi connectivity index (χ4n) is 1.45. The number of hydrogen-bond acceptors (Lipinski definition) is 4. The van der Waals surface area contributed by atoms with Crippen molar-refractivity contribution in [3.05, 3.63) is 23.8 Å². The summed E-state index contributed by atoms with van der Waals surface area (Å²) in [6, 6.07) is 5.53. The van der Waals surface area contributed by atoms with E-state index in [1.807, 2.05) is 18.2 Å². The lowest BCUT2D eigenvalue weighted by molar-refractivity contribution is 0.108. The molecule has 0 aromatic heterocycles. The molecule has 74 valence electrons. The molecular formula is C10H11NO2S. The Labute approximate surface area is 86.8 Å². The van der Waals surface area contributed by atoms with Crippen molar-refractivity contribution >= 4 is 22.6 Å². The highest BCUT2D eigenvalue weighted by Gasteiger charge is 2.17. The van der Waals surface area contributed by atoms with E-state index in [0.29, 0.717) is 12.2 Å². The summed E-state index contributed by atoms with van der Waals surface area (Å²) < 4.78 is 5.43.